The van der Waals surface area contributed by atoms with Crippen LogP contribution in [0.4, 0.5) is 15.9 Å². The van der Waals surface area contributed by atoms with E-state index in [9.17, 15) is 9.18 Å². The number of carbonyl (C=O) groups excluding carboxylic acids is 1. The van der Waals surface area contributed by atoms with Gasteiger partial charge < -0.3 is 10.2 Å². The smallest absolute Gasteiger partial charge is 0.320 e. The standard InChI is InChI=1S/C14H8BrFN6O3/c15-9-6-8(2-3-10(9)16)22-11(7-23)24-21-14(22)12-13(20-25-19-12)18-5-1-4-17/h2-3,6H,1,5H2,(H,18,20). The highest BCUT2D eigenvalue weighted by Crippen LogP contribution is 2.31. The molecule has 0 fully saturated rings. The summed E-state index contributed by atoms with van der Waals surface area (Å²) >= 11 is 3.08. The number of nitrogens with zero attached hydrogens (tertiary/aromatic N) is 5. The van der Waals surface area contributed by atoms with Gasteiger partial charge in [0.15, 0.2) is 11.6 Å². The molecule has 1 aliphatic rings. The van der Waals surface area contributed by atoms with Gasteiger partial charge in [0.05, 0.1) is 22.7 Å². The second-order valence-electron chi connectivity index (χ2n) is 4.64. The quantitative estimate of drug-likeness (QED) is 0.592. The summed E-state index contributed by atoms with van der Waals surface area (Å²) in [6, 6.07) is 6.06. The van der Waals surface area contributed by atoms with Crippen molar-refractivity contribution in [2.24, 2.45) is 5.16 Å². The summed E-state index contributed by atoms with van der Waals surface area (Å²) in [5.74, 6) is 1.21. The first-order valence-electron chi connectivity index (χ1n) is 6.84. The van der Waals surface area contributed by atoms with Crippen molar-refractivity contribution < 1.29 is 18.7 Å². The minimum absolute atomic E-state index is 0.0950. The van der Waals surface area contributed by atoms with E-state index >= 15 is 0 Å². The molecule has 1 N–H and O–H groups in total. The van der Waals surface area contributed by atoms with Crippen LogP contribution in [0.15, 0.2) is 38.3 Å². The fourth-order valence-corrected chi connectivity index (χ4v) is 2.40. The van der Waals surface area contributed by atoms with Crippen LogP contribution < -0.4 is 10.2 Å². The molecule has 0 saturated heterocycles. The van der Waals surface area contributed by atoms with Crippen LogP contribution >= 0.6 is 15.9 Å². The van der Waals surface area contributed by atoms with Crippen LogP contribution in [-0.4, -0.2) is 28.6 Å². The lowest BCUT2D eigenvalue weighted by atomic mass is 10.2. The summed E-state index contributed by atoms with van der Waals surface area (Å²) in [4.78, 5) is 17.4. The Labute approximate surface area is 148 Å². The summed E-state index contributed by atoms with van der Waals surface area (Å²) < 4.78 is 18.4. The minimum Gasteiger partial charge on any atom is -0.364 e. The summed E-state index contributed by atoms with van der Waals surface area (Å²) in [6.45, 7) is 0.310. The summed E-state index contributed by atoms with van der Waals surface area (Å²) in [5, 5.41) is 22.7. The average Bonchev–Trinajstić information content (AvgIpc) is 3.23. The van der Waals surface area contributed by atoms with Crippen molar-refractivity contribution in [1.29, 1.82) is 5.26 Å². The highest BCUT2D eigenvalue weighted by molar-refractivity contribution is 9.10. The predicted molar refractivity (Wildman–Crippen MR) is 86.4 cm³/mol. The van der Waals surface area contributed by atoms with Gasteiger partial charge in [0.25, 0.3) is 0 Å². The van der Waals surface area contributed by atoms with Gasteiger partial charge in [-0.3, -0.25) is 0 Å². The third-order valence-electron chi connectivity index (χ3n) is 3.11. The van der Waals surface area contributed by atoms with Gasteiger partial charge in [0, 0.05) is 6.54 Å². The van der Waals surface area contributed by atoms with Crippen LogP contribution in [-0.2, 0) is 9.63 Å². The highest BCUT2D eigenvalue weighted by atomic mass is 79.9. The van der Waals surface area contributed by atoms with Crippen molar-refractivity contribution in [1.82, 2.24) is 10.3 Å². The number of halogens is 2. The monoisotopic (exact) mass is 406 g/mol. The number of nitriles is 1. The Morgan fingerprint density at radius 2 is 2.24 bits per heavy atom. The Balaban J connectivity index is 1.98. The van der Waals surface area contributed by atoms with Gasteiger partial charge in [0.2, 0.25) is 11.7 Å². The molecule has 2 aromatic rings. The van der Waals surface area contributed by atoms with Gasteiger partial charge in [0.1, 0.15) is 5.82 Å². The molecule has 0 aliphatic carbocycles. The third-order valence-corrected chi connectivity index (χ3v) is 3.72. The fraction of sp³-hybridized carbons (Fsp3) is 0.143. The van der Waals surface area contributed by atoms with Crippen molar-refractivity contribution in [3.05, 3.63) is 40.1 Å². The lowest BCUT2D eigenvalue weighted by Crippen LogP contribution is -2.28. The van der Waals surface area contributed by atoms with E-state index in [1.807, 2.05) is 6.07 Å². The molecular formula is C14H8BrFN6O3. The summed E-state index contributed by atoms with van der Waals surface area (Å²) in [5.41, 5.74) is 0.539. The van der Waals surface area contributed by atoms with Crippen molar-refractivity contribution in [2.45, 2.75) is 6.42 Å². The molecule has 126 valence electrons. The molecule has 25 heavy (non-hydrogen) atoms. The van der Waals surface area contributed by atoms with Crippen LogP contribution in [0.2, 0.25) is 0 Å². The lowest BCUT2D eigenvalue weighted by molar-refractivity contribution is 0.248. The van der Waals surface area contributed by atoms with E-state index in [1.54, 1.807) is 5.94 Å². The van der Waals surface area contributed by atoms with Crippen LogP contribution in [0.5, 0.6) is 0 Å². The Kier molecular flexibility index (Phi) is 4.74. The third kappa shape index (κ3) is 3.21. The van der Waals surface area contributed by atoms with Crippen molar-refractivity contribution in [2.75, 3.05) is 16.8 Å². The first kappa shape index (κ1) is 16.6. The Hall–Kier alpha value is -3.22. The second kappa shape index (κ2) is 7.12. The topological polar surface area (TPSA) is 117 Å². The van der Waals surface area contributed by atoms with E-state index in [-0.39, 0.29) is 34.1 Å². The molecule has 11 heteroatoms. The maximum absolute atomic E-state index is 13.5. The predicted octanol–water partition coefficient (Wildman–Crippen LogP) is 2.17. The van der Waals surface area contributed by atoms with E-state index < -0.39 is 5.82 Å². The minimum atomic E-state index is -0.471. The molecular weight excluding hydrogens is 399 g/mol. The SMILES string of the molecule is N#CCCNc1nonc1C1=NOC(=C=O)N1c1ccc(F)c(Br)c1. The molecule has 0 spiro atoms. The van der Waals surface area contributed by atoms with Crippen LogP contribution in [0.1, 0.15) is 12.1 Å². The molecule has 0 saturated carbocycles. The number of nitrogens with one attached hydrogen (secondary N) is 1. The average molecular weight is 407 g/mol. The lowest BCUT2D eigenvalue weighted by Gasteiger charge is -2.16. The van der Waals surface area contributed by atoms with E-state index in [2.05, 4.69) is 36.7 Å². The van der Waals surface area contributed by atoms with E-state index in [0.29, 0.717) is 12.2 Å². The molecule has 2 heterocycles. The molecule has 0 amide bonds. The summed E-state index contributed by atoms with van der Waals surface area (Å²) in [6.07, 6.45) is 0.239. The number of benzene rings is 1. The molecule has 3 rings (SSSR count). The number of aromatic nitrogens is 2. The van der Waals surface area contributed by atoms with Crippen LogP contribution in [0.25, 0.3) is 0 Å². The number of oxime groups is 1. The molecule has 1 aromatic heterocycles. The number of hydrogen-bond acceptors (Lipinski definition) is 9. The second-order valence-corrected chi connectivity index (χ2v) is 5.50. The van der Waals surface area contributed by atoms with Crippen LogP contribution in [0, 0.1) is 17.1 Å². The van der Waals surface area contributed by atoms with E-state index in [0.717, 1.165) is 0 Å². The molecule has 0 unspecified atom stereocenters. The summed E-state index contributed by atoms with van der Waals surface area (Å²) in [7, 11) is 0. The van der Waals surface area contributed by atoms with E-state index in [4.69, 9.17) is 14.7 Å². The number of hydrogen-bond donors (Lipinski definition) is 1. The molecule has 0 bridgehead atoms. The molecule has 1 aliphatic heterocycles. The molecule has 9 nitrogen and oxygen atoms in total. The maximum atomic E-state index is 13.5. The molecule has 0 atom stereocenters. The highest BCUT2D eigenvalue weighted by Gasteiger charge is 2.34. The van der Waals surface area contributed by atoms with Gasteiger partial charge >= 0.3 is 5.88 Å². The Morgan fingerprint density at radius 1 is 1.40 bits per heavy atom. The first-order chi connectivity index (χ1) is 12.2. The fourth-order valence-electron chi connectivity index (χ4n) is 2.03. The maximum Gasteiger partial charge on any atom is 0.320 e. The van der Waals surface area contributed by atoms with Gasteiger partial charge in [-0.15, -0.1) is 0 Å². The largest absolute Gasteiger partial charge is 0.364 e. The molecule has 1 aromatic carbocycles. The van der Waals surface area contributed by atoms with Gasteiger partial charge in [-0.1, -0.05) is 5.16 Å². The normalized spacial score (nSPS) is 13.1. The Bertz CT molecular complexity index is 931. The first-order valence-corrected chi connectivity index (χ1v) is 7.64. The van der Waals surface area contributed by atoms with Gasteiger partial charge in [-0.2, -0.15) is 5.26 Å². The molecule has 0 radical (unpaired) electrons. The van der Waals surface area contributed by atoms with Crippen LogP contribution in [0.3, 0.4) is 0 Å². The van der Waals surface area contributed by atoms with Crippen molar-refractivity contribution in [3.63, 3.8) is 0 Å². The number of anilines is 2. The number of rotatable bonds is 5. The zero-order valence-electron chi connectivity index (χ0n) is 12.4. The van der Waals surface area contributed by atoms with Crippen molar-refractivity contribution >= 4 is 39.2 Å². The Morgan fingerprint density at radius 3 is 2.96 bits per heavy atom. The van der Waals surface area contributed by atoms with Gasteiger partial charge in [-0.25, -0.2) is 18.7 Å². The number of amidine groups is 1. The zero-order valence-corrected chi connectivity index (χ0v) is 13.9. The van der Waals surface area contributed by atoms with Crippen molar-refractivity contribution in [3.8, 4) is 6.07 Å². The van der Waals surface area contributed by atoms with Gasteiger partial charge in [-0.05, 0) is 44.4 Å². The van der Waals surface area contributed by atoms with E-state index in [1.165, 1.54) is 23.1 Å². The zero-order chi connectivity index (χ0) is 17.8.